The van der Waals surface area contributed by atoms with Gasteiger partial charge >= 0.3 is 12.1 Å². The second-order valence-corrected chi connectivity index (χ2v) is 12.5. The molecule has 10 heteroatoms. The summed E-state index contributed by atoms with van der Waals surface area (Å²) < 4.78 is 0. The average molecular weight is 553 g/mol. The standard InChI is InChI=1S/C27H44N4O4S2/c1-7-28-17-21(36)30(24(28)34)23(31-22(37)18-29(8-2)25(31)35)27(5,6)16-14-20(33)13-11-9-10-12-15-26(3,4)19-32/h19,23H,7-18H2,1-6H3. The molecule has 0 N–H and O–H groups in total. The number of Topliss-reactive ketones (excluding diaryl/α,β-unsaturated/α-hetero) is 1. The van der Waals surface area contributed by atoms with Gasteiger partial charge in [0.05, 0.1) is 13.1 Å². The minimum Gasteiger partial charge on any atom is -0.318 e. The maximum absolute atomic E-state index is 13.3. The van der Waals surface area contributed by atoms with Crippen molar-refractivity contribution in [1.29, 1.82) is 0 Å². The number of thiocarbonyl (C=S) groups is 2. The fraction of sp³-hybridized carbons (Fsp3) is 0.778. The summed E-state index contributed by atoms with van der Waals surface area (Å²) in [4.78, 5) is 57.7. The van der Waals surface area contributed by atoms with Crippen molar-refractivity contribution in [3.05, 3.63) is 0 Å². The molecule has 2 aliphatic heterocycles. The number of hydrogen-bond acceptors (Lipinski definition) is 6. The van der Waals surface area contributed by atoms with Crippen molar-refractivity contribution in [3.63, 3.8) is 0 Å². The number of carbonyl (C=O) groups excluding carboxylic acids is 4. The molecule has 0 aromatic heterocycles. The van der Waals surface area contributed by atoms with Crippen LogP contribution in [0.3, 0.4) is 0 Å². The van der Waals surface area contributed by atoms with Gasteiger partial charge in [-0.1, -0.05) is 71.4 Å². The van der Waals surface area contributed by atoms with E-state index in [0.29, 0.717) is 55.4 Å². The third-order valence-electron chi connectivity index (χ3n) is 7.49. The van der Waals surface area contributed by atoms with E-state index in [4.69, 9.17) is 24.4 Å². The molecule has 2 aliphatic rings. The van der Waals surface area contributed by atoms with Crippen molar-refractivity contribution >= 4 is 58.5 Å². The molecule has 208 valence electrons. The Labute approximate surface area is 233 Å². The number of ketones is 1. The van der Waals surface area contributed by atoms with Crippen LogP contribution in [-0.4, -0.2) is 86.1 Å². The van der Waals surface area contributed by atoms with Crippen molar-refractivity contribution in [2.45, 2.75) is 99.1 Å². The summed E-state index contributed by atoms with van der Waals surface area (Å²) in [6, 6.07) is -0.444. The molecule has 0 spiro atoms. The fourth-order valence-corrected chi connectivity index (χ4v) is 5.62. The van der Waals surface area contributed by atoms with E-state index in [1.165, 1.54) is 0 Å². The number of hydrogen-bond donors (Lipinski definition) is 0. The number of aldehydes is 1. The first-order chi connectivity index (χ1) is 17.3. The molecular formula is C27H44N4O4S2. The molecule has 0 atom stereocenters. The van der Waals surface area contributed by atoms with E-state index in [2.05, 4.69) is 0 Å². The van der Waals surface area contributed by atoms with Gasteiger partial charge in [-0.15, -0.1) is 0 Å². The molecule has 0 saturated carbocycles. The Morgan fingerprint density at radius 3 is 1.76 bits per heavy atom. The van der Waals surface area contributed by atoms with Crippen LogP contribution in [-0.2, 0) is 9.59 Å². The lowest BCUT2D eigenvalue weighted by molar-refractivity contribution is -0.120. The van der Waals surface area contributed by atoms with Crippen LogP contribution in [0.2, 0.25) is 0 Å². The molecule has 0 aromatic carbocycles. The van der Waals surface area contributed by atoms with E-state index >= 15 is 0 Å². The molecular weight excluding hydrogens is 508 g/mol. The zero-order chi connectivity index (χ0) is 28.0. The molecule has 2 saturated heterocycles. The predicted octanol–water partition coefficient (Wildman–Crippen LogP) is 5.42. The summed E-state index contributed by atoms with van der Waals surface area (Å²) in [6.07, 6.45) is 6.32. The Morgan fingerprint density at radius 1 is 0.838 bits per heavy atom. The molecule has 2 fully saturated rings. The fourth-order valence-electron chi connectivity index (χ4n) is 4.95. The summed E-state index contributed by atoms with van der Waals surface area (Å²) in [5.74, 6) is 0.177. The van der Waals surface area contributed by atoms with Crippen LogP contribution in [0.4, 0.5) is 9.59 Å². The Kier molecular flexibility index (Phi) is 11.2. The summed E-state index contributed by atoms with van der Waals surface area (Å²) >= 11 is 11.2. The zero-order valence-corrected chi connectivity index (χ0v) is 25.0. The van der Waals surface area contributed by atoms with Crippen molar-refractivity contribution in [2.75, 3.05) is 26.2 Å². The van der Waals surface area contributed by atoms with Crippen molar-refractivity contribution in [3.8, 4) is 0 Å². The highest BCUT2D eigenvalue weighted by Crippen LogP contribution is 2.38. The average Bonchev–Trinajstić information content (AvgIpc) is 3.29. The van der Waals surface area contributed by atoms with Gasteiger partial charge in [0.15, 0.2) is 0 Å². The van der Waals surface area contributed by atoms with Gasteiger partial charge in [0.25, 0.3) is 0 Å². The molecule has 8 nitrogen and oxygen atoms in total. The third kappa shape index (κ3) is 7.78. The van der Waals surface area contributed by atoms with E-state index in [9.17, 15) is 19.2 Å². The number of urea groups is 2. The molecule has 0 unspecified atom stereocenters. The van der Waals surface area contributed by atoms with Gasteiger partial charge in [-0.3, -0.25) is 14.6 Å². The van der Waals surface area contributed by atoms with Gasteiger partial charge in [0.1, 0.15) is 28.2 Å². The van der Waals surface area contributed by atoms with Crippen LogP contribution in [0.1, 0.15) is 92.9 Å². The third-order valence-corrected chi connectivity index (χ3v) is 8.14. The minimum absolute atomic E-state index is 0.177. The first-order valence-corrected chi connectivity index (χ1v) is 14.3. The molecule has 0 aromatic rings. The number of unbranched alkanes of at least 4 members (excludes halogenated alkanes) is 3. The van der Waals surface area contributed by atoms with Crippen LogP contribution in [0.5, 0.6) is 0 Å². The first-order valence-electron chi connectivity index (χ1n) is 13.5. The van der Waals surface area contributed by atoms with Crippen LogP contribution >= 0.6 is 24.4 Å². The van der Waals surface area contributed by atoms with Crippen molar-refractivity contribution in [2.24, 2.45) is 10.8 Å². The molecule has 4 amide bonds. The lowest BCUT2D eigenvalue weighted by Crippen LogP contribution is -2.60. The number of amides is 4. The molecule has 0 radical (unpaired) electrons. The maximum atomic E-state index is 13.3. The van der Waals surface area contributed by atoms with Gasteiger partial charge in [0, 0.05) is 36.8 Å². The van der Waals surface area contributed by atoms with E-state index < -0.39 is 11.6 Å². The van der Waals surface area contributed by atoms with Gasteiger partial charge < -0.3 is 14.6 Å². The Bertz CT molecular complexity index is 863. The molecule has 2 heterocycles. The number of nitrogens with zero attached hydrogens (tertiary/aromatic N) is 4. The summed E-state index contributed by atoms with van der Waals surface area (Å²) in [5.41, 5.74) is -0.901. The predicted molar refractivity (Wildman–Crippen MR) is 154 cm³/mol. The summed E-state index contributed by atoms with van der Waals surface area (Å²) in [5, 5.41) is 0. The molecule has 0 bridgehead atoms. The number of likely N-dealkylation sites (N-methyl/N-ethyl adjacent to an activating group) is 2. The monoisotopic (exact) mass is 552 g/mol. The van der Waals surface area contributed by atoms with E-state index in [-0.39, 0.29) is 23.3 Å². The molecule has 2 rings (SSSR count). The van der Waals surface area contributed by atoms with E-state index in [1.807, 2.05) is 41.5 Å². The van der Waals surface area contributed by atoms with Crippen LogP contribution in [0, 0.1) is 10.8 Å². The first kappa shape index (κ1) is 31.3. The Morgan fingerprint density at radius 2 is 1.32 bits per heavy atom. The molecule has 0 aliphatic carbocycles. The highest BCUT2D eigenvalue weighted by molar-refractivity contribution is 7.80. The second-order valence-electron chi connectivity index (χ2n) is 11.5. The van der Waals surface area contributed by atoms with Crippen molar-refractivity contribution < 1.29 is 19.2 Å². The quantitative estimate of drug-likeness (QED) is 0.144. The highest BCUT2D eigenvalue weighted by Gasteiger charge is 2.51. The van der Waals surface area contributed by atoms with Crippen LogP contribution in [0.25, 0.3) is 0 Å². The van der Waals surface area contributed by atoms with E-state index in [0.717, 1.165) is 38.4 Å². The Hall–Kier alpha value is -1.94. The van der Waals surface area contributed by atoms with E-state index in [1.54, 1.807) is 19.6 Å². The normalized spacial score (nSPS) is 17.2. The van der Waals surface area contributed by atoms with Gasteiger partial charge in [-0.05, 0) is 33.1 Å². The minimum atomic E-state index is -0.686. The SMILES string of the molecule is CCN1CC(=S)N(C(N2C(=O)N(CC)CC2=S)C(C)(C)CCC(=O)CCCCCCC(C)(C)C=O)C1=O. The van der Waals surface area contributed by atoms with Gasteiger partial charge in [-0.25, -0.2) is 9.59 Å². The zero-order valence-electron chi connectivity index (χ0n) is 23.4. The number of carbonyl (C=O) groups is 4. The second kappa shape index (κ2) is 13.2. The largest absolute Gasteiger partial charge is 0.327 e. The van der Waals surface area contributed by atoms with Gasteiger partial charge in [0.2, 0.25) is 0 Å². The topological polar surface area (TPSA) is 81.2 Å². The molecule has 37 heavy (non-hydrogen) atoms. The number of rotatable bonds is 16. The van der Waals surface area contributed by atoms with Crippen LogP contribution in [0.15, 0.2) is 0 Å². The van der Waals surface area contributed by atoms with Crippen molar-refractivity contribution in [1.82, 2.24) is 19.6 Å². The summed E-state index contributed by atoms with van der Waals surface area (Å²) in [6.45, 7) is 13.4. The van der Waals surface area contributed by atoms with Crippen LogP contribution < -0.4 is 0 Å². The lowest BCUT2D eigenvalue weighted by Gasteiger charge is -2.44. The maximum Gasteiger partial charge on any atom is 0.327 e. The lowest BCUT2D eigenvalue weighted by atomic mass is 9.81. The highest BCUT2D eigenvalue weighted by atomic mass is 32.1. The smallest absolute Gasteiger partial charge is 0.318 e. The summed E-state index contributed by atoms with van der Waals surface area (Å²) in [7, 11) is 0. The van der Waals surface area contributed by atoms with Gasteiger partial charge in [-0.2, -0.15) is 0 Å². The Balaban J connectivity index is 2.06.